The first-order valence-corrected chi connectivity index (χ1v) is 12.4. The molecule has 0 bridgehead atoms. The van der Waals surface area contributed by atoms with Crippen molar-refractivity contribution in [2.24, 2.45) is 0 Å². The molecule has 0 saturated heterocycles. The number of aromatic hydroxyl groups is 1. The van der Waals surface area contributed by atoms with E-state index in [4.69, 9.17) is 23.2 Å². The van der Waals surface area contributed by atoms with Gasteiger partial charge >= 0.3 is 0 Å². The molecule has 2 aromatic carbocycles. The van der Waals surface area contributed by atoms with E-state index < -0.39 is 23.7 Å². The molecular weight excluding hydrogens is 500 g/mol. The van der Waals surface area contributed by atoms with E-state index in [2.05, 4.69) is 9.69 Å². The number of aromatic nitrogens is 1. The molecule has 1 saturated carbocycles. The number of hydrogen-bond donors (Lipinski definition) is 2. The average Bonchev–Trinajstić information content (AvgIpc) is 3.16. The van der Waals surface area contributed by atoms with Crippen molar-refractivity contribution in [1.29, 1.82) is 0 Å². The van der Waals surface area contributed by atoms with Crippen molar-refractivity contribution in [2.45, 2.75) is 44.2 Å². The SMILES string of the molecule is O=C(NC1CCCCC1)[C@@H](c1ccc(O)cc1)N(C(=O)c1nsc(Cl)c1Cl)c1cccc(F)c1. The Morgan fingerprint density at radius 3 is 2.44 bits per heavy atom. The fraction of sp³-hybridized carbons (Fsp3) is 0.292. The van der Waals surface area contributed by atoms with Gasteiger partial charge < -0.3 is 10.4 Å². The van der Waals surface area contributed by atoms with Gasteiger partial charge in [-0.1, -0.05) is 60.7 Å². The van der Waals surface area contributed by atoms with E-state index in [-0.39, 0.29) is 32.5 Å². The molecular formula is C24H22Cl2FN3O3S. The zero-order valence-corrected chi connectivity index (χ0v) is 20.3. The summed E-state index contributed by atoms with van der Waals surface area (Å²) in [7, 11) is 0. The highest BCUT2D eigenvalue weighted by molar-refractivity contribution is 7.11. The first-order valence-electron chi connectivity index (χ1n) is 10.8. The van der Waals surface area contributed by atoms with Gasteiger partial charge in [0, 0.05) is 11.7 Å². The summed E-state index contributed by atoms with van der Waals surface area (Å²) in [6, 6.07) is 10.2. The van der Waals surface area contributed by atoms with Crippen LogP contribution in [0.4, 0.5) is 10.1 Å². The molecule has 178 valence electrons. The zero-order chi connectivity index (χ0) is 24.2. The van der Waals surface area contributed by atoms with Crippen molar-refractivity contribution in [3.8, 4) is 5.75 Å². The number of carbonyl (C=O) groups excluding carboxylic acids is 2. The molecule has 1 aliphatic rings. The van der Waals surface area contributed by atoms with Crippen molar-refractivity contribution in [3.63, 3.8) is 0 Å². The maximum Gasteiger partial charge on any atom is 0.280 e. The number of benzene rings is 2. The van der Waals surface area contributed by atoms with Gasteiger partial charge in [-0.3, -0.25) is 14.5 Å². The van der Waals surface area contributed by atoms with Crippen LogP contribution in [-0.2, 0) is 4.79 Å². The molecule has 0 spiro atoms. The van der Waals surface area contributed by atoms with Gasteiger partial charge in [-0.25, -0.2) is 4.39 Å². The summed E-state index contributed by atoms with van der Waals surface area (Å²) >= 11 is 13.1. The Kier molecular flexibility index (Phi) is 7.70. The lowest BCUT2D eigenvalue weighted by Gasteiger charge is -2.33. The monoisotopic (exact) mass is 521 g/mol. The van der Waals surface area contributed by atoms with Crippen molar-refractivity contribution < 1.29 is 19.1 Å². The highest BCUT2D eigenvalue weighted by atomic mass is 35.5. The van der Waals surface area contributed by atoms with E-state index in [1.165, 1.54) is 41.3 Å². The summed E-state index contributed by atoms with van der Waals surface area (Å²) in [6.45, 7) is 0. The molecule has 0 radical (unpaired) electrons. The molecule has 34 heavy (non-hydrogen) atoms. The molecule has 1 atom stereocenters. The Hall–Kier alpha value is -2.68. The smallest absolute Gasteiger partial charge is 0.280 e. The van der Waals surface area contributed by atoms with Crippen LogP contribution in [0.1, 0.15) is 54.2 Å². The van der Waals surface area contributed by atoms with Crippen LogP contribution < -0.4 is 10.2 Å². The van der Waals surface area contributed by atoms with E-state index >= 15 is 0 Å². The predicted molar refractivity (Wildman–Crippen MR) is 131 cm³/mol. The Bertz CT molecular complexity index is 1180. The highest BCUT2D eigenvalue weighted by Gasteiger charge is 2.36. The molecule has 1 aromatic heterocycles. The predicted octanol–water partition coefficient (Wildman–Crippen LogP) is 6.13. The number of hydrogen-bond acceptors (Lipinski definition) is 5. The number of carbonyl (C=O) groups is 2. The third kappa shape index (κ3) is 5.35. The Morgan fingerprint density at radius 1 is 1.12 bits per heavy atom. The van der Waals surface area contributed by atoms with Crippen LogP contribution in [0.15, 0.2) is 48.5 Å². The normalized spacial score (nSPS) is 15.0. The van der Waals surface area contributed by atoms with Crippen molar-refractivity contribution in [3.05, 3.63) is 75.0 Å². The summed E-state index contributed by atoms with van der Waals surface area (Å²) in [4.78, 5) is 28.6. The molecule has 3 aromatic rings. The van der Waals surface area contributed by atoms with E-state index in [9.17, 15) is 19.1 Å². The first-order chi connectivity index (χ1) is 16.3. The second-order valence-electron chi connectivity index (χ2n) is 8.11. The molecule has 1 fully saturated rings. The van der Waals surface area contributed by atoms with Gasteiger partial charge in [0.05, 0.1) is 0 Å². The lowest BCUT2D eigenvalue weighted by molar-refractivity contribution is -0.123. The summed E-state index contributed by atoms with van der Waals surface area (Å²) in [6.07, 6.45) is 4.82. The molecule has 2 N–H and O–H groups in total. The van der Waals surface area contributed by atoms with Gasteiger partial charge in [0.15, 0.2) is 5.69 Å². The lowest BCUT2D eigenvalue weighted by Crippen LogP contribution is -2.47. The third-order valence-electron chi connectivity index (χ3n) is 5.77. The number of amides is 2. The van der Waals surface area contributed by atoms with E-state index in [1.54, 1.807) is 12.1 Å². The van der Waals surface area contributed by atoms with Gasteiger partial charge in [-0.2, -0.15) is 4.37 Å². The van der Waals surface area contributed by atoms with Crippen LogP contribution in [0.2, 0.25) is 9.36 Å². The quantitative estimate of drug-likeness (QED) is 0.408. The molecule has 0 unspecified atom stereocenters. The van der Waals surface area contributed by atoms with Crippen LogP contribution >= 0.6 is 34.7 Å². The minimum atomic E-state index is -1.17. The first kappa shape index (κ1) is 24.4. The fourth-order valence-electron chi connectivity index (χ4n) is 4.12. The molecule has 6 nitrogen and oxygen atoms in total. The average molecular weight is 522 g/mol. The largest absolute Gasteiger partial charge is 0.508 e. The zero-order valence-electron chi connectivity index (χ0n) is 18.0. The Morgan fingerprint density at radius 2 is 1.82 bits per heavy atom. The number of halogens is 3. The Labute approximate surface area is 210 Å². The molecule has 2 amide bonds. The lowest BCUT2D eigenvalue weighted by atomic mass is 9.94. The van der Waals surface area contributed by atoms with E-state index in [0.29, 0.717) is 5.56 Å². The number of phenolic OH excluding ortho intramolecular Hbond substituents is 1. The van der Waals surface area contributed by atoms with Crippen LogP contribution in [0.3, 0.4) is 0 Å². The van der Waals surface area contributed by atoms with Gasteiger partial charge in [-0.05, 0) is 60.3 Å². The minimum absolute atomic E-state index is 0.00754. The van der Waals surface area contributed by atoms with E-state index in [0.717, 1.165) is 43.6 Å². The van der Waals surface area contributed by atoms with Crippen molar-refractivity contribution in [2.75, 3.05) is 4.90 Å². The summed E-state index contributed by atoms with van der Waals surface area (Å²) < 4.78 is 18.4. The minimum Gasteiger partial charge on any atom is -0.508 e. The van der Waals surface area contributed by atoms with Crippen LogP contribution in [-0.4, -0.2) is 27.3 Å². The van der Waals surface area contributed by atoms with Crippen LogP contribution in [0.25, 0.3) is 0 Å². The third-order valence-corrected chi connectivity index (χ3v) is 7.38. The molecule has 4 rings (SSSR count). The Balaban J connectivity index is 1.82. The van der Waals surface area contributed by atoms with Gasteiger partial charge in [0.2, 0.25) is 5.91 Å². The van der Waals surface area contributed by atoms with Crippen molar-refractivity contribution in [1.82, 2.24) is 9.69 Å². The topological polar surface area (TPSA) is 82.5 Å². The van der Waals surface area contributed by atoms with Gasteiger partial charge in [0.1, 0.15) is 27.0 Å². The van der Waals surface area contributed by atoms with Crippen LogP contribution in [0, 0.1) is 5.82 Å². The molecule has 1 aliphatic carbocycles. The summed E-state index contributed by atoms with van der Waals surface area (Å²) in [5, 5.41) is 12.8. The van der Waals surface area contributed by atoms with E-state index in [1.807, 2.05) is 0 Å². The number of phenols is 1. The molecule has 0 aliphatic heterocycles. The van der Waals surface area contributed by atoms with Gasteiger partial charge in [0.25, 0.3) is 5.91 Å². The van der Waals surface area contributed by atoms with Crippen LogP contribution in [0.5, 0.6) is 5.75 Å². The van der Waals surface area contributed by atoms with Crippen molar-refractivity contribution >= 4 is 52.2 Å². The summed E-state index contributed by atoms with van der Waals surface area (Å²) in [5.74, 6) is -1.69. The highest BCUT2D eigenvalue weighted by Crippen LogP contribution is 2.35. The summed E-state index contributed by atoms with van der Waals surface area (Å²) in [5.41, 5.74) is 0.457. The molecule has 10 heteroatoms. The second-order valence-corrected chi connectivity index (χ2v) is 9.86. The van der Waals surface area contributed by atoms with Gasteiger partial charge in [-0.15, -0.1) is 0 Å². The number of nitrogens with zero attached hydrogens (tertiary/aromatic N) is 2. The standard InChI is InChI=1S/C24H22Cl2FN3O3S/c25-19-20(29-34-22(19)26)24(33)30(17-8-4-5-15(27)13-17)21(14-9-11-18(31)12-10-14)23(32)28-16-6-2-1-3-7-16/h4-5,8-13,16,21,31H,1-3,6-7H2,(H,28,32)/t21-/m1/s1. The molecule has 1 heterocycles. The maximum atomic E-state index is 14.2. The second kappa shape index (κ2) is 10.7. The number of nitrogens with one attached hydrogen (secondary N) is 1. The number of rotatable bonds is 6. The maximum absolute atomic E-state index is 14.2. The number of anilines is 1. The fourth-order valence-corrected chi connectivity index (χ4v) is 5.10.